The molecule has 1 N–H and O–H groups in total. The first-order valence-electron chi connectivity index (χ1n) is 9.95. The minimum Gasteiger partial charge on any atom is -0.350 e. The van der Waals surface area contributed by atoms with E-state index in [1.807, 2.05) is 0 Å². The van der Waals surface area contributed by atoms with Crippen LogP contribution in [0.2, 0.25) is 0 Å². The van der Waals surface area contributed by atoms with Crippen LogP contribution in [0.5, 0.6) is 0 Å². The Morgan fingerprint density at radius 2 is 1.84 bits per heavy atom. The van der Waals surface area contributed by atoms with Gasteiger partial charge in [-0.15, -0.1) is 0 Å². The van der Waals surface area contributed by atoms with Crippen LogP contribution in [0.4, 0.5) is 0 Å². The van der Waals surface area contributed by atoms with Crippen molar-refractivity contribution < 1.29 is 13.2 Å². The van der Waals surface area contributed by atoms with Crippen LogP contribution in [-0.4, -0.2) is 35.1 Å². The molecule has 9 heteroatoms. The van der Waals surface area contributed by atoms with E-state index in [4.69, 9.17) is 0 Å². The number of benzene rings is 2. The van der Waals surface area contributed by atoms with E-state index in [1.165, 1.54) is 0 Å². The third kappa shape index (κ3) is 3.56. The lowest BCUT2D eigenvalue weighted by molar-refractivity contribution is -0.121. The monoisotopic (exact) mass is 445 g/mol. The second-order valence-corrected chi connectivity index (χ2v) is 9.48. The molecular formula is C23H19N5O3S. The van der Waals surface area contributed by atoms with E-state index in [1.54, 1.807) is 84.9 Å². The van der Waals surface area contributed by atoms with Crippen LogP contribution < -0.4 is 15.9 Å². The maximum Gasteiger partial charge on any atom is 0.249 e. The standard InChI is InChI=1S/C23H19N5O3S/c1-28-22-11-19(7-4-16(22)14-26-28)32(30,31)18-5-2-15(3-6-18)12-25-23(29)21-10-17-13-24-9-8-20(17)27-21/h2-11,13-14,21H,12H2,1H3,(H,25,29). The fourth-order valence-corrected chi connectivity index (χ4v) is 4.92. The van der Waals surface area contributed by atoms with E-state index >= 15 is 0 Å². The normalized spacial score (nSPS) is 15.1. The minimum atomic E-state index is -3.67. The maximum atomic E-state index is 13.0. The summed E-state index contributed by atoms with van der Waals surface area (Å²) >= 11 is 0. The third-order valence-corrected chi connectivity index (χ3v) is 7.21. The number of nitrogens with zero attached hydrogens (tertiary/aromatic N) is 4. The Bertz CT molecular complexity index is 1540. The molecule has 1 amide bonds. The molecule has 32 heavy (non-hydrogen) atoms. The molecule has 1 aliphatic rings. The van der Waals surface area contributed by atoms with E-state index in [-0.39, 0.29) is 22.2 Å². The molecular weight excluding hydrogens is 426 g/mol. The molecule has 5 rings (SSSR count). The molecule has 2 aromatic heterocycles. The van der Waals surface area contributed by atoms with E-state index in [0.29, 0.717) is 0 Å². The Morgan fingerprint density at radius 1 is 1.06 bits per heavy atom. The van der Waals surface area contributed by atoms with Gasteiger partial charge in [0.1, 0.15) is 6.04 Å². The highest BCUT2D eigenvalue weighted by Gasteiger charge is 2.20. The smallest absolute Gasteiger partial charge is 0.249 e. The van der Waals surface area contributed by atoms with Crippen molar-refractivity contribution in [3.05, 3.63) is 83.3 Å². The molecule has 0 aliphatic carbocycles. The summed E-state index contributed by atoms with van der Waals surface area (Å²) in [5, 5.41) is 9.47. The number of nitrogens with one attached hydrogen (secondary N) is 1. The first-order valence-corrected chi connectivity index (χ1v) is 11.4. The summed E-state index contributed by atoms with van der Waals surface area (Å²) in [7, 11) is -1.90. The summed E-state index contributed by atoms with van der Waals surface area (Å²) < 4.78 is 27.7. The zero-order valence-electron chi connectivity index (χ0n) is 17.1. The first-order chi connectivity index (χ1) is 15.4. The molecule has 1 aliphatic heterocycles. The molecule has 0 radical (unpaired) electrons. The van der Waals surface area contributed by atoms with E-state index in [2.05, 4.69) is 20.4 Å². The topological polar surface area (TPSA) is 106 Å². The first kappa shape index (κ1) is 20.1. The van der Waals surface area contributed by atoms with Gasteiger partial charge in [0.05, 0.1) is 26.9 Å². The van der Waals surface area contributed by atoms with Gasteiger partial charge in [-0.25, -0.2) is 8.42 Å². The predicted octanol–water partition coefficient (Wildman–Crippen LogP) is 0.900. The number of sulfone groups is 1. The van der Waals surface area contributed by atoms with Gasteiger partial charge < -0.3 is 5.32 Å². The lowest BCUT2D eigenvalue weighted by atomic mass is 10.2. The lowest BCUT2D eigenvalue weighted by Crippen LogP contribution is -2.31. The van der Waals surface area contributed by atoms with Gasteiger partial charge in [-0.05, 0) is 48.0 Å². The SMILES string of the molecule is Cn1ncc2ccc(S(=O)(=O)c3ccc(CNC(=O)C4C=c5cnccc5=N4)cc3)cc21. The second-order valence-electron chi connectivity index (χ2n) is 7.53. The highest BCUT2D eigenvalue weighted by atomic mass is 32.2. The van der Waals surface area contributed by atoms with Gasteiger partial charge in [0, 0.05) is 36.6 Å². The summed E-state index contributed by atoms with van der Waals surface area (Å²) in [5.74, 6) is -0.220. The number of hydrogen-bond acceptors (Lipinski definition) is 6. The van der Waals surface area contributed by atoms with Gasteiger partial charge in [0.15, 0.2) is 0 Å². The van der Waals surface area contributed by atoms with Crippen LogP contribution in [0, 0.1) is 0 Å². The summed E-state index contributed by atoms with van der Waals surface area (Å²) in [5.41, 5.74) is 1.54. The van der Waals surface area contributed by atoms with Crippen LogP contribution in [0.1, 0.15) is 5.56 Å². The number of rotatable bonds is 5. The van der Waals surface area contributed by atoms with Crippen molar-refractivity contribution in [2.75, 3.05) is 0 Å². The number of carbonyl (C=O) groups is 1. The number of amides is 1. The molecule has 0 fully saturated rings. The van der Waals surface area contributed by atoms with Crippen molar-refractivity contribution in [3.63, 3.8) is 0 Å². The van der Waals surface area contributed by atoms with Gasteiger partial charge in [-0.2, -0.15) is 5.10 Å². The van der Waals surface area contributed by atoms with Crippen LogP contribution in [0.25, 0.3) is 17.0 Å². The van der Waals surface area contributed by atoms with Crippen LogP contribution in [0.3, 0.4) is 0 Å². The van der Waals surface area contributed by atoms with Crippen LogP contribution in [-0.2, 0) is 28.2 Å². The average Bonchev–Trinajstić information content (AvgIpc) is 3.41. The summed E-state index contributed by atoms with van der Waals surface area (Å²) in [4.78, 5) is 21.3. The summed E-state index contributed by atoms with van der Waals surface area (Å²) in [6, 6.07) is 12.6. The van der Waals surface area contributed by atoms with E-state index in [0.717, 1.165) is 27.0 Å². The van der Waals surface area contributed by atoms with Gasteiger partial charge >= 0.3 is 0 Å². The molecule has 8 nitrogen and oxygen atoms in total. The van der Waals surface area contributed by atoms with Crippen molar-refractivity contribution in [3.8, 4) is 0 Å². The molecule has 3 heterocycles. The largest absolute Gasteiger partial charge is 0.350 e. The fourth-order valence-electron chi connectivity index (χ4n) is 3.64. The highest BCUT2D eigenvalue weighted by Crippen LogP contribution is 2.24. The highest BCUT2D eigenvalue weighted by molar-refractivity contribution is 7.91. The predicted molar refractivity (Wildman–Crippen MR) is 118 cm³/mol. The number of aromatic nitrogens is 3. The van der Waals surface area contributed by atoms with Crippen molar-refractivity contribution in [2.24, 2.45) is 12.0 Å². The molecule has 0 saturated heterocycles. The molecule has 4 aromatic rings. The van der Waals surface area contributed by atoms with Crippen molar-refractivity contribution >= 4 is 32.7 Å². The molecule has 1 unspecified atom stereocenters. The van der Waals surface area contributed by atoms with Crippen molar-refractivity contribution in [1.29, 1.82) is 0 Å². The van der Waals surface area contributed by atoms with Crippen LogP contribution >= 0.6 is 0 Å². The summed E-state index contributed by atoms with van der Waals surface area (Å²) in [6.45, 7) is 0.272. The maximum absolute atomic E-state index is 13.0. The number of aryl methyl sites for hydroxylation is 1. The Hall–Kier alpha value is -3.85. The molecule has 0 bridgehead atoms. The van der Waals surface area contributed by atoms with E-state index in [9.17, 15) is 13.2 Å². The van der Waals surface area contributed by atoms with Gasteiger partial charge in [-0.1, -0.05) is 12.1 Å². The van der Waals surface area contributed by atoms with Gasteiger partial charge in [-0.3, -0.25) is 19.5 Å². The van der Waals surface area contributed by atoms with Crippen molar-refractivity contribution in [1.82, 2.24) is 20.1 Å². The zero-order valence-corrected chi connectivity index (χ0v) is 18.0. The molecule has 0 spiro atoms. The van der Waals surface area contributed by atoms with Gasteiger partial charge in [0.2, 0.25) is 15.7 Å². The second kappa shape index (κ2) is 7.69. The Balaban J connectivity index is 1.30. The van der Waals surface area contributed by atoms with E-state index < -0.39 is 15.9 Å². The molecule has 0 saturated carbocycles. The molecule has 160 valence electrons. The van der Waals surface area contributed by atoms with Gasteiger partial charge in [0.25, 0.3) is 0 Å². The number of hydrogen-bond donors (Lipinski definition) is 1. The molecule has 2 aromatic carbocycles. The van der Waals surface area contributed by atoms with Crippen molar-refractivity contribution in [2.45, 2.75) is 22.4 Å². The fraction of sp³-hybridized carbons (Fsp3) is 0.130. The summed E-state index contributed by atoms with van der Waals surface area (Å²) in [6.07, 6.45) is 6.78. The minimum absolute atomic E-state index is 0.191. The average molecular weight is 446 g/mol. The van der Waals surface area contributed by atoms with Crippen LogP contribution in [0.15, 0.2) is 81.9 Å². The lowest BCUT2D eigenvalue weighted by Gasteiger charge is -2.09. The molecule has 1 atom stereocenters. The number of fused-ring (bicyclic) bond motifs is 2. The Labute approximate surface area is 183 Å². The number of carbonyl (C=O) groups excluding carboxylic acids is 1. The third-order valence-electron chi connectivity index (χ3n) is 5.44. The Kier molecular flexibility index (Phi) is 4.82. The quantitative estimate of drug-likeness (QED) is 0.491. The number of pyridine rings is 1. The zero-order chi connectivity index (χ0) is 22.3. The Morgan fingerprint density at radius 3 is 2.62 bits per heavy atom.